The molecule has 10 nitrogen and oxygen atoms in total. The Balaban J connectivity index is 0.000000426. The number of nitrogens with zero attached hydrogens (tertiary/aromatic N) is 6. The molecule has 0 spiro atoms. The quantitative estimate of drug-likeness (QED) is 0.0998. The number of ether oxygens (including phenoxy) is 2. The number of thioether (sulfide) groups is 1. The number of methoxy groups -OCH3 is 1. The van der Waals surface area contributed by atoms with Gasteiger partial charge in [-0.05, 0) is 50.4 Å². The zero-order valence-corrected chi connectivity index (χ0v) is 31.8. The number of hydrogen-bond donors (Lipinski definition) is 2. The van der Waals surface area contributed by atoms with Crippen LogP contribution in [0.15, 0.2) is 65.2 Å². The normalized spacial score (nSPS) is 16.9. The van der Waals surface area contributed by atoms with Crippen molar-refractivity contribution in [1.29, 1.82) is 5.26 Å². The number of aromatic nitrogens is 3. The molecule has 4 aromatic rings. The molecular weight excluding hydrogens is 801 g/mol. The second-order valence-corrected chi connectivity index (χ2v) is 14.7. The molecule has 57 heavy (non-hydrogen) atoms. The molecule has 2 aromatic heterocycles. The van der Waals surface area contributed by atoms with Crippen LogP contribution in [0, 0.1) is 23.0 Å². The Labute approximate surface area is 331 Å². The second kappa shape index (κ2) is 16.7. The highest BCUT2D eigenvalue weighted by Crippen LogP contribution is 2.53. The molecule has 0 amide bonds. The molecule has 2 saturated heterocycles. The first-order valence-corrected chi connectivity index (χ1v) is 18.5. The molecular formula is C38H34ClF7N8O2S. The summed E-state index contributed by atoms with van der Waals surface area (Å²) in [4.78, 5) is 15.8. The SMILES string of the molecule is C=CC[C@H](c1cc(Cl)cnc1N)N1CCOc2c(C(F)(F)F)c(-c3ccc(F)c(SC(=C)N)c3C#N)c(F)c3nc(OC)nc1c23.FC(F)=C1CC2CCCN2C1. The number of alkyl halides is 3. The fraction of sp³-hybridized carbons (Fsp3) is 0.316. The van der Waals surface area contributed by atoms with Crippen molar-refractivity contribution in [3.05, 3.63) is 93.7 Å². The molecule has 0 bridgehead atoms. The average Bonchev–Trinajstić information content (AvgIpc) is 3.73. The molecule has 2 fully saturated rings. The Kier molecular flexibility index (Phi) is 12.1. The molecule has 2 atom stereocenters. The fourth-order valence-electron chi connectivity index (χ4n) is 7.37. The van der Waals surface area contributed by atoms with Gasteiger partial charge in [0.1, 0.15) is 47.0 Å². The van der Waals surface area contributed by atoms with E-state index in [0.29, 0.717) is 41.9 Å². The number of pyridine rings is 1. The third-order valence-corrected chi connectivity index (χ3v) is 10.8. The number of anilines is 2. The number of rotatable bonds is 8. The molecule has 1 unspecified atom stereocenters. The van der Waals surface area contributed by atoms with Crippen molar-refractivity contribution in [2.75, 3.05) is 44.0 Å². The minimum absolute atomic E-state index is 0.0674. The lowest BCUT2D eigenvalue weighted by molar-refractivity contribution is -0.138. The molecule has 300 valence electrons. The van der Waals surface area contributed by atoms with E-state index in [1.165, 1.54) is 19.7 Å². The van der Waals surface area contributed by atoms with Gasteiger partial charge in [-0.2, -0.15) is 37.2 Å². The van der Waals surface area contributed by atoms with Crippen LogP contribution in [0.2, 0.25) is 5.02 Å². The van der Waals surface area contributed by atoms with Gasteiger partial charge in [-0.15, -0.1) is 6.58 Å². The van der Waals surface area contributed by atoms with Crippen LogP contribution in [-0.2, 0) is 6.18 Å². The first-order valence-electron chi connectivity index (χ1n) is 17.3. The molecule has 0 radical (unpaired) electrons. The molecule has 3 aliphatic rings. The molecule has 4 N–H and O–H groups in total. The minimum Gasteiger partial charge on any atom is -0.490 e. The Morgan fingerprint density at radius 2 is 2.00 bits per heavy atom. The highest BCUT2D eigenvalue weighted by Gasteiger charge is 2.44. The topological polar surface area (TPSA) is 139 Å². The van der Waals surface area contributed by atoms with Crippen LogP contribution < -0.4 is 25.8 Å². The Hall–Kier alpha value is -5.25. The van der Waals surface area contributed by atoms with Crippen LogP contribution in [-0.4, -0.2) is 59.2 Å². The van der Waals surface area contributed by atoms with Crippen LogP contribution in [0.3, 0.4) is 0 Å². The Bertz CT molecular complexity index is 2320. The monoisotopic (exact) mass is 834 g/mol. The standard InChI is InChI=1S/C30H23ClF5N7O2S.C8H11F2N/c1-4-5-19(16-10-14(31)12-40-27(16)39)43-8-9-45-25-21-24(41-29(44-3)42-28(21)43)23(33)20(22(25)30(34,35)36)15-6-7-18(32)26(17(15)11-37)46-13(2)38;9-8(10)6-4-7-2-1-3-11(7)5-6/h4,6-7,10,12,19H,1-2,5,8-9,38H2,3H3,(H2,39,40);7H,1-5H2/t19-;/m1./s1. The summed E-state index contributed by atoms with van der Waals surface area (Å²) < 4.78 is 112. The summed E-state index contributed by atoms with van der Waals surface area (Å²) in [5.41, 5.74) is 8.17. The van der Waals surface area contributed by atoms with Crippen molar-refractivity contribution in [1.82, 2.24) is 19.9 Å². The fourth-order valence-corrected chi connectivity index (χ4v) is 8.22. The zero-order chi connectivity index (χ0) is 41.3. The first-order chi connectivity index (χ1) is 27.1. The largest absolute Gasteiger partial charge is 0.490 e. The highest BCUT2D eigenvalue weighted by atomic mass is 35.5. The first kappa shape index (κ1) is 41.4. The molecule has 0 aliphatic carbocycles. The van der Waals surface area contributed by atoms with Gasteiger partial charge in [0.05, 0.1) is 45.6 Å². The van der Waals surface area contributed by atoms with E-state index in [2.05, 4.69) is 33.0 Å². The summed E-state index contributed by atoms with van der Waals surface area (Å²) in [5, 5.41) is 9.66. The molecule has 19 heteroatoms. The van der Waals surface area contributed by atoms with E-state index >= 15 is 17.6 Å². The predicted octanol–water partition coefficient (Wildman–Crippen LogP) is 9.15. The molecule has 7 rings (SSSR count). The number of nitriles is 1. The maximum Gasteiger partial charge on any atom is 0.420 e. The van der Waals surface area contributed by atoms with Crippen LogP contribution >= 0.6 is 23.4 Å². The van der Waals surface area contributed by atoms with Crippen molar-refractivity contribution in [3.63, 3.8) is 0 Å². The summed E-state index contributed by atoms with van der Waals surface area (Å²) >= 11 is 6.73. The van der Waals surface area contributed by atoms with Crippen molar-refractivity contribution >= 4 is 45.9 Å². The summed E-state index contributed by atoms with van der Waals surface area (Å²) in [6.07, 6.45) is -0.704. The van der Waals surface area contributed by atoms with Gasteiger partial charge in [-0.1, -0.05) is 36.0 Å². The number of hydrogen-bond acceptors (Lipinski definition) is 11. The van der Waals surface area contributed by atoms with Gasteiger partial charge in [0.2, 0.25) is 0 Å². The molecule has 5 heterocycles. The molecule has 2 aromatic carbocycles. The Morgan fingerprint density at radius 3 is 2.63 bits per heavy atom. The van der Waals surface area contributed by atoms with Gasteiger partial charge in [-0.25, -0.2) is 13.8 Å². The smallest absolute Gasteiger partial charge is 0.420 e. The van der Waals surface area contributed by atoms with Gasteiger partial charge < -0.3 is 25.8 Å². The number of nitrogen functional groups attached to an aromatic ring is 1. The lowest BCUT2D eigenvalue weighted by Gasteiger charge is -2.32. The van der Waals surface area contributed by atoms with E-state index in [9.17, 15) is 18.4 Å². The summed E-state index contributed by atoms with van der Waals surface area (Å²) in [6, 6.07) is 4.23. The third-order valence-electron chi connectivity index (χ3n) is 9.73. The summed E-state index contributed by atoms with van der Waals surface area (Å²) in [7, 11) is 1.20. The highest BCUT2D eigenvalue weighted by molar-refractivity contribution is 8.03. The third kappa shape index (κ3) is 8.14. The number of nitrogens with two attached hydrogens (primary N) is 2. The summed E-state index contributed by atoms with van der Waals surface area (Å²) in [6.45, 7) is 8.37. The van der Waals surface area contributed by atoms with Crippen molar-refractivity contribution in [2.45, 2.75) is 48.8 Å². The Morgan fingerprint density at radius 1 is 1.25 bits per heavy atom. The van der Waals surface area contributed by atoms with Crippen molar-refractivity contribution in [3.8, 4) is 29.0 Å². The van der Waals surface area contributed by atoms with Gasteiger partial charge in [0.15, 0.2) is 5.82 Å². The van der Waals surface area contributed by atoms with E-state index in [1.54, 1.807) is 23.1 Å². The van der Waals surface area contributed by atoms with E-state index in [0.717, 1.165) is 25.1 Å². The van der Waals surface area contributed by atoms with Crippen molar-refractivity contribution in [2.24, 2.45) is 5.73 Å². The summed E-state index contributed by atoms with van der Waals surface area (Å²) in [5.74, 6) is -3.31. The van der Waals surface area contributed by atoms with E-state index in [1.807, 2.05) is 0 Å². The average molecular weight is 835 g/mol. The number of halogens is 8. The van der Waals surface area contributed by atoms with Crippen LogP contribution in [0.25, 0.3) is 22.0 Å². The van der Waals surface area contributed by atoms with Crippen molar-refractivity contribution < 1.29 is 40.2 Å². The van der Waals surface area contributed by atoms with Gasteiger partial charge in [0, 0.05) is 41.0 Å². The van der Waals surface area contributed by atoms with E-state index < -0.39 is 73.7 Å². The van der Waals surface area contributed by atoms with Crippen LogP contribution in [0.4, 0.5) is 42.4 Å². The van der Waals surface area contributed by atoms with Crippen LogP contribution in [0.5, 0.6) is 11.8 Å². The second-order valence-electron chi connectivity index (χ2n) is 13.2. The maximum atomic E-state index is 16.8. The molecule has 3 aliphatic heterocycles. The van der Waals surface area contributed by atoms with Gasteiger partial charge in [-0.3, -0.25) is 4.90 Å². The van der Waals surface area contributed by atoms with E-state index in [-0.39, 0.29) is 47.3 Å². The number of fused-ring (bicyclic) bond motifs is 1. The number of benzene rings is 2. The van der Waals surface area contributed by atoms with Gasteiger partial charge >= 0.3 is 12.2 Å². The maximum absolute atomic E-state index is 16.8. The van der Waals surface area contributed by atoms with Gasteiger partial charge in [0.25, 0.3) is 6.08 Å². The zero-order valence-electron chi connectivity index (χ0n) is 30.2. The van der Waals surface area contributed by atoms with Crippen LogP contribution in [0.1, 0.15) is 48.4 Å². The lowest BCUT2D eigenvalue weighted by atomic mass is 9.91. The van der Waals surface area contributed by atoms with E-state index in [4.69, 9.17) is 32.5 Å². The lowest BCUT2D eigenvalue weighted by Crippen LogP contribution is -2.33. The minimum atomic E-state index is -5.25. The molecule has 0 saturated carbocycles. The predicted molar refractivity (Wildman–Crippen MR) is 203 cm³/mol.